The van der Waals surface area contributed by atoms with Crippen molar-refractivity contribution in [3.63, 3.8) is 0 Å². The van der Waals surface area contributed by atoms with Crippen LogP contribution < -0.4 is 15.4 Å². The minimum Gasteiger partial charge on any atom is -0.481 e. The molecule has 33 heavy (non-hydrogen) atoms. The number of halogens is 2. The summed E-state index contributed by atoms with van der Waals surface area (Å²) in [5, 5.41) is 15.0. The van der Waals surface area contributed by atoms with E-state index in [0.29, 0.717) is 36.6 Å². The van der Waals surface area contributed by atoms with Gasteiger partial charge in [-0.2, -0.15) is 4.37 Å². The summed E-state index contributed by atoms with van der Waals surface area (Å²) in [5.74, 6) is -2.38. The number of carbonyl (C=O) groups is 2. The van der Waals surface area contributed by atoms with Gasteiger partial charge in [-0.15, -0.1) is 0 Å². The van der Waals surface area contributed by atoms with Crippen LogP contribution in [0, 0.1) is 11.6 Å². The lowest BCUT2D eigenvalue weighted by Gasteiger charge is -2.16. The number of aliphatic hydroxyl groups is 1. The van der Waals surface area contributed by atoms with Gasteiger partial charge in [0.1, 0.15) is 27.3 Å². The van der Waals surface area contributed by atoms with Gasteiger partial charge in [-0.1, -0.05) is 17.4 Å². The Hall–Kier alpha value is -2.96. The van der Waals surface area contributed by atoms with E-state index in [2.05, 4.69) is 20.0 Å². The summed E-state index contributed by atoms with van der Waals surface area (Å²) in [5.41, 5.74) is -1.03. The number of hydrogen-bond acceptors (Lipinski definition) is 8. The van der Waals surface area contributed by atoms with Gasteiger partial charge in [0, 0.05) is 11.5 Å². The number of thiazole rings is 1. The van der Waals surface area contributed by atoms with Crippen molar-refractivity contribution in [3.8, 4) is 15.6 Å². The summed E-state index contributed by atoms with van der Waals surface area (Å²) in [6, 6.07) is 3.37. The molecule has 8 nitrogen and oxygen atoms in total. The Labute approximate surface area is 196 Å². The molecule has 0 atom stereocenters. The van der Waals surface area contributed by atoms with Crippen molar-refractivity contribution in [1.29, 1.82) is 0 Å². The van der Waals surface area contributed by atoms with Crippen LogP contribution in [0.25, 0.3) is 10.6 Å². The van der Waals surface area contributed by atoms with Gasteiger partial charge in [-0.3, -0.25) is 9.59 Å². The van der Waals surface area contributed by atoms with E-state index in [9.17, 15) is 23.5 Å². The second-order valence-electron chi connectivity index (χ2n) is 7.65. The van der Waals surface area contributed by atoms with Crippen molar-refractivity contribution in [2.24, 2.45) is 0 Å². The molecular weight excluding hydrogens is 474 g/mol. The Kier molecular flexibility index (Phi) is 8.06. The molecule has 0 saturated heterocycles. The van der Waals surface area contributed by atoms with Crippen molar-refractivity contribution in [2.45, 2.75) is 38.7 Å². The van der Waals surface area contributed by atoms with Gasteiger partial charge < -0.3 is 20.5 Å². The van der Waals surface area contributed by atoms with Crippen LogP contribution in [-0.2, 0) is 4.79 Å². The monoisotopic (exact) mass is 496 g/mol. The molecule has 3 aromatic rings. The average Bonchev–Trinajstić information content (AvgIpc) is 3.34. The highest BCUT2D eigenvalue weighted by Crippen LogP contribution is 2.36. The zero-order valence-corrected chi connectivity index (χ0v) is 19.5. The van der Waals surface area contributed by atoms with Crippen LogP contribution in [0.15, 0.2) is 24.4 Å². The predicted molar refractivity (Wildman–Crippen MR) is 123 cm³/mol. The van der Waals surface area contributed by atoms with Crippen molar-refractivity contribution in [2.75, 3.05) is 17.2 Å². The lowest BCUT2D eigenvalue weighted by molar-refractivity contribution is -0.105. The fraction of sp³-hybridized carbons (Fsp3) is 0.333. The Morgan fingerprint density at radius 1 is 1.27 bits per heavy atom. The van der Waals surface area contributed by atoms with Crippen LogP contribution in [-0.4, -0.2) is 39.0 Å². The number of hydrogen-bond donors (Lipinski definition) is 3. The largest absolute Gasteiger partial charge is 0.481 e. The third kappa shape index (κ3) is 6.53. The maximum Gasteiger partial charge on any atom is 0.277 e. The molecule has 0 radical (unpaired) electrons. The lowest BCUT2D eigenvalue weighted by Crippen LogP contribution is -2.18. The zero-order valence-electron chi connectivity index (χ0n) is 17.9. The Balaban J connectivity index is 1.73. The molecular formula is C21H22F2N4O4S2. The fourth-order valence-electron chi connectivity index (χ4n) is 2.86. The Morgan fingerprint density at radius 2 is 2.00 bits per heavy atom. The number of unbranched alkanes of at least 4 members (excludes halogenated alkanes) is 1. The number of ether oxygens (including phenoxy) is 1. The molecule has 3 rings (SSSR count). The topological polar surface area (TPSA) is 113 Å². The molecule has 2 aromatic heterocycles. The number of rotatable bonds is 11. The zero-order chi connectivity index (χ0) is 24.0. The van der Waals surface area contributed by atoms with E-state index in [-0.39, 0.29) is 21.3 Å². The van der Waals surface area contributed by atoms with E-state index in [1.54, 1.807) is 13.8 Å². The highest BCUT2D eigenvalue weighted by Gasteiger charge is 2.24. The van der Waals surface area contributed by atoms with E-state index in [4.69, 9.17) is 4.74 Å². The van der Waals surface area contributed by atoms with Crippen LogP contribution >= 0.6 is 22.9 Å². The van der Waals surface area contributed by atoms with Gasteiger partial charge in [-0.25, -0.2) is 13.8 Å². The summed E-state index contributed by atoms with van der Waals surface area (Å²) in [7, 11) is 0. The first kappa shape index (κ1) is 24.7. The highest BCUT2D eigenvalue weighted by atomic mass is 32.1. The van der Waals surface area contributed by atoms with Gasteiger partial charge in [0.15, 0.2) is 5.69 Å². The second-order valence-corrected chi connectivity index (χ2v) is 9.42. The number of amides is 2. The number of nitrogens with zero attached hydrogens (tertiary/aromatic N) is 2. The number of nitrogens with one attached hydrogen (secondary N) is 2. The summed E-state index contributed by atoms with van der Waals surface area (Å²) in [6.45, 7) is 3.85. The van der Waals surface area contributed by atoms with Crippen molar-refractivity contribution in [1.82, 2.24) is 9.36 Å². The fourth-order valence-corrected chi connectivity index (χ4v) is 4.42. The first-order chi connectivity index (χ1) is 15.7. The smallest absolute Gasteiger partial charge is 0.277 e. The van der Waals surface area contributed by atoms with Crippen molar-refractivity contribution in [3.05, 3.63) is 41.7 Å². The van der Waals surface area contributed by atoms with Crippen LogP contribution in [0.4, 0.5) is 19.5 Å². The van der Waals surface area contributed by atoms with E-state index in [0.717, 1.165) is 41.4 Å². The SMILES string of the molecule is CC(C)(O)CCCCOc1sncc1NC(=O)c1nc(-c2c(F)cccc2F)sc1NC=O. The number of anilines is 2. The predicted octanol–water partition coefficient (Wildman–Crippen LogP) is 4.69. The lowest BCUT2D eigenvalue weighted by atomic mass is 10.0. The van der Waals surface area contributed by atoms with E-state index in [1.165, 1.54) is 12.3 Å². The minimum absolute atomic E-state index is 0.0393. The Morgan fingerprint density at radius 3 is 2.67 bits per heavy atom. The van der Waals surface area contributed by atoms with E-state index in [1.807, 2.05) is 0 Å². The van der Waals surface area contributed by atoms with Gasteiger partial charge in [0.25, 0.3) is 5.91 Å². The maximum atomic E-state index is 14.2. The third-order valence-electron chi connectivity index (χ3n) is 4.41. The highest BCUT2D eigenvalue weighted by molar-refractivity contribution is 7.19. The molecule has 0 aliphatic carbocycles. The molecule has 176 valence electrons. The molecule has 2 heterocycles. The second kappa shape index (κ2) is 10.8. The molecule has 0 aliphatic heterocycles. The van der Waals surface area contributed by atoms with Gasteiger partial charge in [0.05, 0.1) is 24.0 Å². The molecule has 0 aliphatic rings. The first-order valence-corrected chi connectivity index (χ1v) is 11.5. The molecule has 0 saturated carbocycles. The summed E-state index contributed by atoms with van der Waals surface area (Å²) in [4.78, 5) is 27.9. The minimum atomic E-state index is -0.837. The van der Waals surface area contributed by atoms with Crippen LogP contribution in [0.5, 0.6) is 5.06 Å². The van der Waals surface area contributed by atoms with E-state index >= 15 is 0 Å². The number of carbonyl (C=O) groups excluding carboxylic acids is 2. The quantitative estimate of drug-likeness (QED) is 0.262. The third-order valence-corrected chi connectivity index (χ3v) is 6.13. The molecule has 3 N–H and O–H groups in total. The molecule has 0 fully saturated rings. The van der Waals surface area contributed by atoms with Crippen molar-refractivity contribution < 1.29 is 28.2 Å². The van der Waals surface area contributed by atoms with E-state index < -0.39 is 23.1 Å². The first-order valence-electron chi connectivity index (χ1n) is 9.96. The molecule has 0 bridgehead atoms. The summed E-state index contributed by atoms with van der Waals surface area (Å²) in [6.07, 6.45) is 3.85. The standard InChI is InChI=1S/C21H22F2N4O4S2/c1-21(2,30)8-3-4-9-31-20-14(10-25-33-20)26-17(29)16-19(24-11-28)32-18(27-16)15-12(22)6-5-7-13(15)23/h5-7,10-11,30H,3-4,8-9H2,1-2H3,(H,24,28)(H,26,29). The Bertz CT molecular complexity index is 1110. The molecule has 0 unspecified atom stereocenters. The maximum absolute atomic E-state index is 14.2. The van der Waals surface area contributed by atoms with Gasteiger partial charge >= 0.3 is 0 Å². The average molecular weight is 497 g/mol. The van der Waals surface area contributed by atoms with Gasteiger partial charge in [-0.05, 0) is 45.2 Å². The molecule has 12 heteroatoms. The van der Waals surface area contributed by atoms with Gasteiger partial charge in [0.2, 0.25) is 11.5 Å². The number of aromatic nitrogens is 2. The van der Waals surface area contributed by atoms with Crippen LogP contribution in [0.1, 0.15) is 43.6 Å². The summed E-state index contributed by atoms with van der Waals surface area (Å²) < 4.78 is 38.0. The van der Waals surface area contributed by atoms with Crippen molar-refractivity contribution >= 4 is 45.9 Å². The van der Waals surface area contributed by atoms with Crippen LogP contribution in [0.2, 0.25) is 0 Å². The van der Waals surface area contributed by atoms with Crippen LogP contribution in [0.3, 0.4) is 0 Å². The number of benzene rings is 1. The normalized spacial score (nSPS) is 11.3. The molecule has 1 aromatic carbocycles. The summed E-state index contributed by atoms with van der Waals surface area (Å²) >= 11 is 1.82. The molecule has 2 amide bonds. The molecule has 0 spiro atoms.